The molecule has 0 fully saturated rings. The lowest BCUT2D eigenvalue weighted by Gasteiger charge is -2.14. The molecule has 0 aromatic heterocycles. The third-order valence-electron chi connectivity index (χ3n) is 4.42. The lowest BCUT2D eigenvalue weighted by atomic mass is 10.1. The van der Waals surface area contributed by atoms with Crippen LogP contribution in [0.3, 0.4) is 0 Å². The molecule has 3 N–H and O–H groups in total. The van der Waals surface area contributed by atoms with E-state index in [4.69, 9.17) is 4.74 Å². The lowest BCUT2D eigenvalue weighted by molar-refractivity contribution is 0.0846. The minimum atomic E-state index is -4.00. The molecule has 0 atom stereocenters. The number of amides is 2. The summed E-state index contributed by atoms with van der Waals surface area (Å²) < 4.78 is 33.6. The Morgan fingerprint density at radius 2 is 1.42 bits per heavy atom. The van der Waals surface area contributed by atoms with Crippen LogP contribution in [0.4, 0.5) is 5.69 Å². The monoisotopic (exact) mass is 439 g/mol. The van der Waals surface area contributed by atoms with Gasteiger partial charge < -0.3 is 4.74 Å². The van der Waals surface area contributed by atoms with E-state index in [9.17, 15) is 18.0 Å². The van der Waals surface area contributed by atoms with Crippen LogP contribution in [0.1, 0.15) is 26.3 Å². The molecule has 0 aliphatic rings. The van der Waals surface area contributed by atoms with Crippen molar-refractivity contribution >= 4 is 27.5 Å². The number of carbonyl (C=O) groups is 2. The topological polar surface area (TPSA) is 114 Å². The Labute approximate surface area is 180 Å². The first-order valence-corrected chi connectivity index (χ1v) is 10.7. The molecule has 3 rings (SSSR count). The number of hydrogen-bond acceptors (Lipinski definition) is 5. The Hall–Kier alpha value is -3.85. The molecule has 3 aromatic rings. The molecule has 31 heavy (non-hydrogen) atoms. The van der Waals surface area contributed by atoms with Crippen LogP contribution in [0.2, 0.25) is 0 Å². The summed E-state index contributed by atoms with van der Waals surface area (Å²) in [6.07, 6.45) is 0. The van der Waals surface area contributed by atoms with E-state index in [2.05, 4.69) is 15.6 Å². The first kappa shape index (κ1) is 21.8. The summed E-state index contributed by atoms with van der Waals surface area (Å²) in [4.78, 5) is 24.5. The summed E-state index contributed by atoms with van der Waals surface area (Å²) in [6.45, 7) is 1.62. The molecule has 0 saturated carbocycles. The first-order chi connectivity index (χ1) is 14.8. The molecule has 0 radical (unpaired) electrons. The Morgan fingerprint density at radius 3 is 2.10 bits per heavy atom. The van der Waals surface area contributed by atoms with E-state index < -0.39 is 21.8 Å². The van der Waals surface area contributed by atoms with Crippen molar-refractivity contribution < 1.29 is 22.7 Å². The highest BCUT2D eigenvalue weighted by molar-refractivity contribution is 7.92. The average molecular weight is 439 g/mol. The predicted octanol–water partition coefficient (Wildman–Crippen LogP) is 2.88. The maximum atomic E-state index is 12.9. The summed E-state index contributed by atoms with van der Waals surface area (Å²) in [5, 5.41) is 0. The van der Waals surface area contributed by atoms with E-state index in [0.717, 1.165) is 0 Å². The summed E-state index contributed by atoms with van der Waals surface area (Å²) in [5.74, 6) is -0.786. The van der Waals surface area contributed by atoms with Crippen LogP contribution in [0.15, 0.2) is 77.7 Å². The number of nitrogens with one attached hydrogen (secondary N) is 3. The number of rotatable bonds is 6. The second-order valence-electron chi connectivity index (χ2n) is 6.56. The fraction of sp³-hybridized carbons (Fsp3) is 0.0909. The SMILES string of the molecule is COc1ccccc1NS(=O)(=O)c1cc(C(=O)NNC(=O)c2ccccc2)ccc1C. The van der Waals surface area contributed by atoms with Crippen molar-refractivity contribution in [3.63, 3.8) is 0 Å². The van der Waals surface area contributed by atoms with Gasteiger partial charge in [-0.3, -0.25) is 25.2 Å². The molecule has 0 spiro atoms. The molecule has 2 amide bonds. The number of sulfonamides is 1. The standard InChI is InChI=1S/C22H21N3O5S/c1-15-12-13-17(22(27)24-23-21(26)16-8-4-3-5-9-16)14-20(15)31(28,29)25-18-10-6-7-11-19(18)30-2/h3-14,25H,1-2H3,(H,23,26)(H,24,27). The van der Waals surface area contributed by atoms with E-state index in [1.807, 2.05) is 0 Å². The van der Waals surface area contributed by atoms with Crippen molar-refractivity contribution in [2.24, 2.45) is 0 Å². The minimum absolute atomic E-state index is 0.0689. The van der Waals surface area contributed by atoms with Crippen LogP contribution < -0.4 is 20.3 Å². The number of aryl methyl sites for hydroxylation is 1. The zero-order chi connectivity index (χ0) is 22.4. The summed E-state index contributed by atoms with van der Waals surface area (Å²) in [6, 6.07) is 19.2. The number of methoxy groups -OCH3 is 1. The normalized spacial score (nSPS) is 10.8. The number of ether oxygens (including phenoxy) is 1. The second-order valence-corrected chi connectivity index (χ2v) is 8.21. The Bertz CT molecular complexity index is 1210. The van der Waals surface area contributed by atoms with Crippen molar-refractivity contribution in [2.45, 2.75) is 11.8 Å². The minimum Gasteiger partial charge on any atom is -0.495 e. The number of hydrazine groups is 1. The van der Waals surface area contributed by atoms with Crippen molar-refractivity contribution in [1.82, 2.24) is 10.9 Å². The van der Waals surface area contributed by atoms with Crippen LogP contribution in [0, 0.1) is 6.92 Å². The molecule has 0 aliphatic carbocycles. The third kappa shape index (κ3) is 5.20. The van der Waals surface area contributed by atoms with Crippen LogP contribution >= 0.6 is 0 Å². The maximum Gasteiger partial charge on any atom is 0.269 e. The van der Waals surface area contributed by atoms with Gasteiger partial charge in [-0.05, 0) is 48.9 Å². The maximum absolute atomic E-state index is 12.9. The van der Waals surface area contributed by atoms with Gasteiger partial charge in [-0.1, -0.05) is 36.4 Å². The molecular weight excluding hydrogens is 418 g/mol. The molecular formula is C22H21N3O5S. The zero-order valence-electron chi connectivity index (χ0n) is 16.9. The largest absolute Gasteiger partial charge is 0.495 e. The van der Waals surface area contributed by atoms with Crippen LogP contribution in [0.25, 0.3) is 0 Å². The number of benzene rings is 3. The Balaban J connectivity index is 1.79. The van der Waals surface area contributed by atoms with E-state index in [1.54, 1.807) is 61.5 Å². The summed E-state index contributed by atoms with van der Waals surface area (Å²) in [7, 11) is -2.57. The van der Waals surface area contributed by atoms with E-state index >= 15 is 0 Å². The zero-order valence-corrected chi connectivity index (χ0v) is 17.7. The molecule has 0 heterocycles. The van der Waals surface area contributed by atoms with E-state index in [-0.39, 0.29) is 16.1 Å². The fourth-order valence-electron chi connectivity index (χ4n) is 2.81. The summed E-state index contributed by atoms with van der Waals surface area (Å²) >= 11 is 0. The number of anilines is 1. The van der Waals surface area contributed by atoms with Crippen molar-refractivity contribution in [2.75, 3.05) is 11.8 Å². The van der Waals surface area contributed by atoms with Gasteiger partial charge in [0.25, 0.3) is 21.8 Å². The number of carbonyl (C=O) groups excluding carboxylic acids is 2. The predicted molar refractivity (Wildman–Crippen MR) is 116 cm³/mol. The van der Waals surface area contributed by atoms with Gasteiger partial charge in [0.2, 0.25) is 0 Å². The van der Waals surface area contributed by atoms with Gasteiger partial charge >= 0.3 is 0 Å². The smallest absolute Gasteiger partial charge is 0.269 e. The molecule has 8 nitrogen and oxygen atoms in total. The third-order valence-corrected chi connectivity index (χ3v) is 5.92. The molecule has 0 bridgehead atoms. The van der Waals surface area contributed by atoms with Gasteiger partial charge in [0.05, 0.1) is 17.7 Å². The highest BCUT2D eigenvalue weighted by Gasteiger charge is 2.21. The summed E-state index contributed by atoms with van der Waals surface area (Å²) in [5.41, 5.74) is 5.76. The fourth-order valence-corrected chi connectivity index (χ4v) is 4.15. The van der Waals surface area contributed by atoms with E-state index in [0.29, 0.717) is 16.9 Å². The molecule has 160 valence electrons. The van der Waals surface area contributed by atoms with Crippen molar-refractivity contribution in [3.8, 4) is 5.75 Å². The highest BCUT2D eigenvalue weighted by atomic mass is 32.2. The Morgan fingerprint density at radius 1 is 0.806 bits per heavy atom. The van der Waals surface area contributed by atoms with Crippen LogP contribution in [-0.2, 0) is 10.0 Å². The van der Waals surface area contributed by atoms with Gasteiger partial charge in [-0.15, -0.1) is 0 Å². The average Bonchev–Trinajstić information content (AvgIpc) is 2.78. The van der Waals surface area contributed by atoms with Crippen LogP contribution in [-0.4, -0.2) is 27.3 Å². The number of hydrogen-bond donors (Lipinski definition) is 3. The van der Waals surface area contributed by atoms with Gasteiger partial charge in [0.15, 0.2) is 0 Å². The molecule has 0 saturated heterocycles. The van der Waals surface area contributed by atoms with E-state index in [1.165, 1.54) is 25.3 Å². The molecule has 0 aliphatic heterocycles. The van der Waals surface area contributed by atoms with Gasteiger partial charge in [0, 0.05) is 11.1 Å². The highest BCUT2D eigenvalue weighted by Crippen LogP contribution is 2.27. The molecule has 9 heteroatoms. The van der Waals surface area contributed by atoms with Gasteiger partial charge in [-0.25, -0.2) is 8.42 Å². The van der Waals surface area contributed by atoms with Crippen molar-refractivity contribution in [1.29, 1.82) is 0 Å². The first-order valence-electron chi connectivity index (χ1n) is 9.24. The van der Waals surface area contributed by atoms with Crippen LogP contribution in [0.5, 0.6) is 5.75 Å². The quantitative estimate of drug-likeness (QED) is 0.511. The molecule has 0 unspecified atom stereocenters. The second kappa shape index (κ2) is 9.31. The molecule has 3 aromatic carbocycles. The Kier molecular flexibility index (Phi) is 6.56. The van der Waals surface area contributed by atoms with Crippen molar-refractivity contribution in [3.05, 3.63) is 89.5 Å². The lowest BCUT2D eigenvalue weighted by Crippen LogP contribution is -2.41. The van der Waals surface area contributed by atoms with Gasteiger partial charge in [0.1, 0.15) is 5.75 Å². The van der Waals surface area contributed by atoms with Gasteiger partial charge in [-0.2, -0.15) is 0 Å². The number of para-hydroxylation sites is 2.